The molecule has 0 aliphatic heterocycles. The normalized spacial score (nSPS) is 11.1. The summed E-state index contributed by atoms with van der Waals surface area (Å²) in [5, 5.41) is 8.91. The summed E-state index contributed by atoms with van der Waals surface area (Å²) < 4.78 is 6.24. The second-order valence-electron chi connectivity index (χ2n) is 5.77. The van der Waals surface area contributed by atoms with Gasteiger partial charge >= 0.3 is 5.97 Å². The molecule has 0 bridgehead atoms. The Kier molecular flexibility index (Phi) is 5.78. The number of hydrogen-bond donors (Lipinski definition) is 1. The SMILES string of the molecule is Cc1ccc(OCC(=O)N(CC(=O)O)C(C)(C)C)c(Br)c1. The van der Waals surface area contributed by atoms with Crippen LogP contribution in [0.2, 0.25) is 0 Å². The minimum Gasteiger partial charge on any atom is -0.483 e. The molecule has 5 nitrogen and oxygen atoms in total. The number of rotatable bonds is 5. The topological polar surface area (TPSA) is 66.8 Å². The number of halogens is 1. The molecule has 0 spiro atoms. The summed E-state index contributed by atoms with van der Waals surface area (Å²) in [6, 6.07) is 5.53. The third-order valence-corrected chi connectivity index (χ3v) is 3.46. The van der Waals surface area contributed by atoms with Crippen LogP contribution in [0.15, 0.2) is 22.7 Å². The van der Waals surface area contributed by atoms with E-state index in [1.165, 1.54) is 4.90 Å². The Hall–Kier alpha value is -1.56. The largest absolute Gasteiger partial charge is 0.483 e. The van der Waals surface area contributed by atoms with E-state index < -0.39 is 11.5 Å². The maximum absolute atomic E-state index is 12.2. The fourth-order valence-corrected chi connectivity index (χ4v) is 2.38. The molecule has 0 radical (unpaired) electrons. The van der Waals surface area contributed by atoms with Gasteiger partial charge in [0.2, 0.25) is 0 Å². The third-order valence-electron chi connectivity index (χ3n) is 2.84. The molecule has 1 N–H and O–H groups in total. The first-order valence-corrected chi connectivity index (χ1v) is 7.32. The van der Waals surface area contributed by atoms with E-state index in [0.717, 1.165) is 10.0 Å². The smallest absolute Gasteiger partial charge is 0.323 e. The summed E-state index contributed by atoms with van der Waals surface area (Å²) in [7, 11) is 0. The van der Waals surface area contributed by atoms with E-state index in [1.54, 1.807) is 26.8 Å². The number of aryl methyl sites for hydroxylation is 1. The van der Waals surface area contributed by atoms with Crippen LogP contribution in [0, 0.1) is 6.92 Å². The van der Waals surface area contributed by atoms with Crippen molar-refractivity contribution in [3.05, 3.63) is 28.2 Å². The molecule has 116 valence electrons. The number of carbonyl (C=O) groups is 2. The van der Waals surface area contributed by atoms with Crippen LogP contribution in [0.5, 0.6) is 5.75 Å². The number of aliphatic carboxylic acids is 1. The lowest BCUT2D eigenvalue weighted by Gasteiger charge is -2.34. The van der Waals surface area contributed by atoms with Crippen LogP contribution in [0.25, 0.3) is 0 Å². The van der Waals surface area contributed by atoms with Crippen LogP contribution in [0.4, 0.5) is 0 Å². The molecule has 1 rings (SSSR count). The van der Waals surface area contributed by atoms with Gasteiger partial charge in [0, 0.05) is 5.54 Å². The number of benzene rings is 1. The van der Waals surface area contributed by atoms with Gasteiger partial charge in [-0.05, 0) is 61.3 Å². The van der Waals surface area contributed by atoms with Crippen molar-refractivity contribution in [3.63, 3.8) is 0 Å². The van der Waals surface area contributed by atoms with E-state index in [4.69, 9.17) is 9.84 Å². The molecule has 0 saturated heterocycles. The van der Waals surface area contributed by atoms with Gasteiger partial charge in [0.25, 0.3) is 5.91 Å². The quantitative estimate of drug-likeness (QED) is 0.879. The number of nitrogens with zero attached hydrogens (tertiary/aromatic N) is 1. The first-order valence-electron chi connectivity index (χ1n) is 6.52. The first-order chi connectivity index (χ1) is 9.61. The Bertz CT molecular complexity index is 537. The lowest BCUT2D eigenvalue weighted by molar-refractivity contribution is -0.149. The average molecular weight is 358 g/mol. The summed E-state index contributed by atoms with van der Waals surface area (Å²) in [6.07, 6.45) is 0. The van der Waals surface area contributed by atoms with E-state index >= 15 is 0 Å². The molecule has 21 heavy (non-hydrogen) atoms. The molecule has 0 heterocycles. The fourth-order valence-electron chi connectivity index (χ4n) is 1.78. The molecule has 0 aliphatic rings. The van der Waals surface area contributed by atoms with Crippen molar-refractivity contribution in [1.82, 2.24) is 4.90 Å². The van der Waals surface area contributed by atoms with Crippen molar-refractivity contribution in [3.8, 4) is 5.75 Å². The second-order valence-corrected chi connectivity index (χ2v) is 6.62. The lowest BCUT2D eigenvalue weighted by atomic mass is 10.1. The van der Waals surface area contributed by atoms with E-state index in [1.807, 2.05) is 19.1 Å². The highest BCUT2D eigenvalue weighted by Gasteiger charge is 2.28. The summed E-state index contributed by atoms with van der Waals surface area (Å²) in [5.41, 5.74) is 0.492. The summed E-state index contributed by atoms with van der Waals surface area (Å²) in [6.45, 7) is 6.77. The molecule has 1 amide bonds. The van der Waals surface area contributed by atoms with Gasteiger partial charge in [0.05, 0.1) is 4.47 Å². The Labute approximate surface area is 133 Å². The van der Waals surface area contributed by atoms with Gasteiger partial charge in [0.15, 0.2) is 6.61 Å². The third kappa shape index (κ3) is 5.38. The standard InChI is InChI=1S/C15H20BrNO4/c1-10-5-6-12(11(16)7-10)21-9-13(18)17(8-14(19)20)15(2,3)4/h5-7H,8-9H2,1-4H3,(H,19,20). The van der Waals surface area contributed by atoms with Gasteiger partial charge in [-0.3, -0.25) is 9.59 Å². The molecule has 1 aromatic carbocycles. The molecule has 0 saturated carbocycles. The van der Waals surface area contributed by atoms with Gasteiger partial charge in [-0.25, -0.2) is 0 Å². The van der Waals surface area contributed by atoms with Gasteiger partial charge in [-0.15, -0.1) is 0 Å². The first kappa shape index (κ1) is 17.5. The minimum atomic E-state index is -1.05. The molecule has 0 aliphatic carbocycles. The molecule has 0 atom stereocenters. The van der Waals surface area contributed by atoms with E-state index in [2.05, 4.69) is 15.9 Å². The number of carbonyl (C=O) groups excluding carboxylic acids is 1. The van der Waals surface area contributed by atoms with Crippen molar-refractivity contribution in [2.45, 2.75) is 33.2 Å². The van der Waals surface area contributed by atoms with Gasteiger partial charge in [-0.2, -0.15) is 0 Å². The Morgan fingerprint density at radius 2 is 1.95 bits per heavy atom. The second kappa shape index (κ2) is 6.93. The van der Waals surface area contributed by atoms with Gasteiger partial charge in [-0.1, -0.05) is 6.07 Å². The molecule has 1 aromatic rings. The molecular formula is C15H20BrNO4. The van der Waals surface area contributed by atoms with Crippen LogP contribution in [-0.2, 0) is 9.59 Å². The lowest BCUT2D eigenvalue weighted by Crippen LogP contribution is -2.50. The number of carboxylic acid groups (broad SMARTS) is 1. The predicted octanol–water partition coefficient (Wildman–Crippen LogP) is 2.85. The summed E-state index contributed by atoms with van der Waals surface area (Å²) in [4.78, 5) is 24.4. The van der Waals surface area contributed by atoms with Crippen molar-refractivity contribution >= 4 is 27.8 Å². The number of hydrogen-bond acceptors (Lipinski definition) is 3. The zero-order valence-corrected chi connectivity index (χ0v) is 14.2. The highest BCUT2D eigenvalue weighted by atomic mass is 79.9. The number of carboxylic acids is 1. The minimum absolute atomic E-state index is 0.202. The fraction of sp³-hybridized carbons (Fsp3) is 0.467. The van der Waals surface area contributed by atoms with Gasteiger partial charge < -0.3 is 14.7 Å². The van der Waals surface area contributed by atoms with Crippen LogP contribution in [0.1, 0.15) is 26.3 Å². The van der Waals surface area contributed by atoms with E-state index in [0.29, 0.717) is 5.75 Å². The number of ether oxygens (including phenoxy) is 1. The van der Waals surface area contributed by atoms with Crippen molar-refractivity contribution in [2.24, 2.45) is 0 Å². The van der Waals surface area contributed by atoms with Crippen molar-refractivity contribution in [2.75, 3.05) is 13.2 Å². The summed E-state index contributed by atoms with van der Waals surface area (Å²) in [5.74, 6) is -0.856. The highest BCUT2D eigenvalue weighted by molar-refractivity contribution is 9.10. The highest BCUT2D eigenvalue weighted by Crippen LogP contribution is 2.26. The summed E-state index contributed by atoms with van der Waals surface area (Å²) >= 11 is 3.37. The molecule has 0 aromatic heterocycles. The van der Waals surface area contributed by atoms with Crippen molar-refractivity contribution in [1.29, 1.82) is 0 Å². The van der Waals surface area contributed by atoms with Crippen LogP contribution in [0.3, 0.4) is 0 Å². The molecule has 0 unspecified atom stereocenters. The Balaban J connectivity index is 2.76. The zero-order valence-electron chi connectivity index (χ0n) is 12.6. The maximum Gasteiger partial charge on any atom is 0.323 e. The monoisotopic (exact) mass is 357 g/mol. The van der Waals surface area contributed by atoms with Gasteiger partial charge in [0.1, 0.15) is 12.3 Å². The van der Waals surface area contributed by atoms with E-state index in [-0.39, 0.29) is 19.1 Å². The molecular weight excluding hydrogens is 338 g/mol. The van der Waals surface area contributed by atoms with E-state index in [9.17, 15) is 9.59 Å². The molecule has 0 fully saturated rings. The van der Waals surface area contributed by atoms with Crippen LogP contribution >= 0.6 is 15.9 Å². The molecule has 6 heteroatoms. The van der Waals surface area contributed by atoms with Crippen LogP contribution < -0.4 is 4.74 Å². The zero-order chi connectivity index (χ0) is 16.2. The average Bonchev–Trinajstić information content (AvgIpc) is 2.33. The maximum atomic E-state index is 12.2. The predicted molar refractivity (Wildman–Crippen MR) is 83.5 cm³/mol. The van der Waals surface area contributed by atoms with Crippen molar-refractivity contribution < 1.29 is 19.4 Å². The Morgan fingerprint density at radius 1 is 1.33 bits per heavy atom. The Morgan fingerprint density at radius 3 is 2.43 bits per heavy atom. The van der Waals surface area contributed by atoms with Crippen LogP contribution in [-0.4, -0.2) is 40.6 Å². The number of amides is 1.